The van der Waals surface area contributed by atoms with E-state index >= 15 is 0 Å². The molecule has 0 radical (unpaired) electrons. The van der Waals surface area contributed by atoms with Crippen molar-refractivity contribution in [3.63, 3.8) is 0 Å². The van der Waals surface area contributed by atoms with Crippen molar-refractivity contribution in [2.75, 3.05) is 39.3 Å². The van der Waals surface area contributed by atoms with Crippen molar-refractivity contribution in [2.24, 2.45) is 0 Å². The van der Waals surface area contributed by atoms with Crippen molar-refractivity contribution >= 4 is 29.4 Å². The molecule has 0 bridgehead atoms. The van der Waals surface area contributed by atoms with Gasteiger partial charge in [-0.05, 0) is 24.6 Å². The van der Waals surface area contributed by atoms with Crippen LogP contribution >= 0.6 is 11.6 Å². The molecule has 2 N–H and O–H groups in total. The number of hydrogen-bond acceptors (Lipinski definition) is 4. The van der Waals surface area contributed by atoms with Crippen molar-refractivity contribution < 1.29 is 32.7 Å². The molecule has 7 nitrogen and oxygen atoms in total. The maximum atomic E-state index is 12.6. The molecule has 11 heteroatoms. The maximum Gasteiger partial charge on any atom is 0.490 e. The topological polar surface area (TPSA) is 90.0 Å². The number of carboxylic acid groups (broad SMARTS) is 1. The Balaban J connectivity index is 0.000000553. The van der Waals surface area contributed by atoms with Gasteiger partial charge in [-0.3, -0.25) is 9.59 Å². The van der Waals surface area contributed by atoms with E-state index in [1.807, 2.05) is 11.8 Å². The highest BCUT2D eigenvalue weighted by Crippen LogP contribution is 2.14. The fourth-order valence-corrected chi connectivity index (χ4v) is 2.88. The molecule has 2 amide bonds. The SMILES string of the molecule is CCCN(CCC(=O)N1CCNCC1)C(=O)c1cccc(Cl)c1.O=C(O)C(F)(F)F. The number of alkyl halides is 3. The summed E-state index contributed by atoms with van der Waals surface area (Å²) in [6.07, 6.45) is -3.86. The summed E-state index contributed by atoms with van der Waals surface area (Å²) in [5.41, 5.74) is 0.570. The predicted molar refractivity (Wildman–Crippen MR) is 105 cm³/mol. The van der Waals surface area contributed by atoms with Gasteiger partial charge in [0.1, 0.15) is 0 Å². The second-order valence-electron chi connectivity index (χ2n) is 6.49. The molecule has 0 unspecified atom stereocenters. The Morgan fingerprint density at radius 2 is 1.80 bits per heavy atom. The minimum Gasteiger partial charge on any atom is -0.475 e. The van der Waals surface area contributed by atoms with Gasteiger partial charge < -0.3 is 20.2 Å². The summed E-state index contributed by atoms with van der Waals surface area (Å²) in [5, 5.41) is 10.9. The zero-order chi connectivity index (χ0) is 22.7. The van der Waals surface area contributed by atoms with E-state index in [9.17, 15) is 22.8 Å². The normalized spacial score (nSPS) is 13.8. The number of amides is 2. The lowest BCUT2D eigenvalue weighted by atomic mass is 10.2. The second kappa shape index (κ2) is 12.4. The number of carboxylic acids is 1. The van der Waals surface area contributed by atoms with Crippen molar-refractivity contribution in [3.05, 3.63) is 34.9 Å². The summed E-state index contributed by atoms with van der Waals surface area (Å²) < 4.78 is 31.7. The molecule has 0 aliphatic carbocycles. The van der Waals surface area contributed by atoms with E-state index in [1.165, 1.54) is 0 Å². The van der Waals surface area contributed by atoms with Gasteiger partial charge in [0.25, 0.3) is 5.91 Å². The Morgan fingerprint density at radius 1 is 1.20 bits per heavy atom. The number of rotatable bonds is 6. The predicted octanol–water partition coefficient (Wildman–Crippen LogP) is 2.65. The molecule has 2 rings (SSSR count). The molecule has 30 heavy (non-hydrogen) atoms. The molecule has 1 heterocycles. The van der Waals surface area contributed by atoms with Crippen LogP contribution in [-0.2, 0) is 9.59 Å². The molecule has 0 saturated carbocycles. The highest BCUT2D eigenvalue weighted by Gasteiger charge is 2.38. The first-order valence-corrected chi connectivity index (χ1v) is 9.77. The number of carbonyl (C=O) groups is 3. The first kappa shape index (κ1) is 25.7. The highest BCUT2D eigenvalue weighted by molar-refractivity contribution is 6.30. The molecule has 1 aliphatic rings. The molecule has 1 saturated heterocycles. The number of nitrogens with zero attached hydrogens (tertiary/aromatic N) is 2. The zero-order valence-corrected chi connectivity index (χ0v) is 17.3. The maximum absolute atomic E-state index is 12.6. The summed E-state index contributed by atoms with van der Waals surface area (Å²) in [6.45, 7) is 6.28. The van der Waals surface area contributed by atoms with E-state index in [1.54, 1.807) is 29.2 Å². The number of benzene rings is 1. The van der Waals surface area contributed by atoms with Crippen LogP contribution in [0.3, 0.4) is 0 Å². The van der Waals surface area contributed by atoms with Crippen molar-refractivity contribution in [1.82, 2.24) is 15.1 Å². The number of halogens is 4. The van der Waals surface area contributed by atoms with Crippen molar-refractivity contribution in [2.45, 2.75) is 25.9 Å². The zero-order valence-electron chi connectivity index (χ0n) is 16.5. The Hall–Kier alpha value is -2.33. The van der Waals surface area contributed by atoms with Gasteiger partial charge in [-0.25, -0.2) is 4.79 Å². The number of piperazine rings is 1. The standard InChI is InChI=1S/C17H24ClN3O2.C2HF3O2/c1-2-9-21(17(23)14-4-3-5-15(18)13-14)10-6-16(22)20-11-7-19-8-12-20;3-2(4,5)1(6)7/h3-5,13,19H,2,6-12H2,1H3;(H,6,7). The first-order valence-electron chi connectivity index (χ1n) is 9.39. The van der Waals surface area contributed by atoms with E-state index in [2.05, 4.69) is 5.32 Å². The second-order valence-corrected chi connectivity index (χ2v) is 6.92. The molecule has 0 atom stereocenters. The Bertz CT molecular complexity index is 725. The quantitative estimate of drug-likeness (QED) is 0.694. The van der Waals surface area contributed by atoms with Gasteiger partial charge in [-0.15, -0.1) is 0 Å². The largest absolute Gasteiger partial charge is 0.490 e. The Labute approximate surface area is 177 Å². The Morgan fingerprint density at radius 3 is 2.30 bits per heavy atom. The number of aliphatic carboxylic acids is 1. The summed E-state index contributed by atoms with van der Waals surface area (Å²) in [5.74, 6) is -2.71. The van der Waals surface area contributed by atoms with Crippen LogP contribution in [0.25, 0.3) is 0 Å². The van der Waals surface area contributed by atoms with Gasteiger partial charge >= 0.3 is 12.1 Å². The van der Waals surface area contributed by atoms with Crippen LogP contribution in [-0.4, -0.2) is 78.1 Å². The third-order valence-corrected chi connectivity index (χ3v) is 4.40. The molecular weight excluding hydrogens is 427 g/mol. The van der Waals surface area contributed by atoms with Crippen molar-refractivity contribution in [1.29, 1.82) is 0 Å². The first-order chi connectivity index (χ1) is 14.1. The minimum atomic E-state index is -5.08. The smallest absolute Gasteiger partial charge is 0.475 e. The van der Waals surface area contributed by atoms with Crippen LogP contribution in [0.1, 0.15) is 30.1 Å². The van der Waals surface area contributed by atoms with Crippen LogP contribution < -0.4 is 5.32 Å². The summed E-state index contributed by atoms with van der Waals surface area (Å²) in [4.78, 5) is 37.4. The monoisotopic (exact) mass is 451 g/mol. The van der Waals surface area contributed by atoms with E-state index in [0.717, 1.165) is 32.6 Å². The number of nitrogens with one attached hydrogen (secondary N) is 1. The summed E-state index contributed by atoms with van der Waals surface area (Å²) in [7, 11) is 0. The summed E-state index contributed by atoms with van der Waals surface area (Å²) >= 11 is 5.96. The minimum absolute atomic E-state index is 0.0672. The molecular formula is C19H25ClF3N3O4. The fraction of sp³-hybridized carbons (Fsp3) is 0.526. The number of carbonyl (C=O) groups excluding carboxylic acids is 2. The molecule has 1 fully saturated rings. The summed E-state index contributed by atoms with van der Waals surface area (Å²) in [6, 6.07) is 6.95. The lowest BCUT2D eigenvalue weighted by molar-refractivity contribution is -0.192. The van der Waals surface area contributed by atoms with E-state index in [-0.39, 0.29) is 11.8 Å². The lowest BCUT2D eigenvalue weighted by Gasteiger charge is -2.29. The van der Waals surface area contributed by atoms with Crippen LogP contribution in [0.2, 0.25) is 5.02 Å². The average molecular weight is 452 g/mol. The van der Waals surface area contributed by atoms with Crippen LogP contribution in [0.5, 0.6) is 0 Å². The van der Waals surface area contributed by atoms with Crippen LogP contribution in [0, 0.1) is 0 Å². The molecule has 1 aliphatic heterocycles. The van der Waals surface area contributed by atoms with Crippen LogP contribution in [0.15, 0.2) is 24.3 Å². The molecule has 1 aromatic carbocycles. The van der Waals surface area contributed by atoms with E-state index in [0.29, 0.717) is 30.1 Å². The number of hydrogen-bond donors (Lipinski definition) is 2. The lowest BCUT2D eigenvalue weighted by Crippen LogP contribution is -2.47. The van der Waals surface area contributed by atoms with E-state index < -0.39 is 12.1 Å². The molecule has 1 aromatic rings. The fourth-order valence-electron chi connectivity index (χ4n) is 2.69. The molecule has 0 spiro atoms. The molecule has 168 valence electrons. The van der Waals surface area contributed by atoms with E-state index in [4.69, 9.17) is 21.5 Å². The Kier molecular flexibility index (Phi) is 10.6. The van der Waals surface area contributed by atoms with Gasteiger partial charge in [0.2, 0.25) is 5.91 Å². The third kappa shape index (κ3) is 9.00. The van der Waals surface area contributed by atoms with Gasteiger partial charge in [-0.2, -0.15) is 13.2 Å². The van der Waals surface area contributed by atoms with Gasteiger partial charge in [0, 0.05) is 56.3 Å². The van der Waals surface area contributed by atoms with Gasteiger partial charge in [-0.1, -0.05) is 24.6 Å². The van der Waals surface area contributed by atoms with Gasteiger partial charge in [0.05, 0.1) is 0 Å². The van der Waals surface area contributed by atoms with Gasteiger partial charge in [0.15, 0.2) is 0 Å². The highest BCUT2D eigenvalue weighted by atomic mass is 35.5. The van der Waals surface area contributed by atoms with Crippen LogP contribution in [0.4, 0.5) is 13.2 Å². The average Bonchev–Trinajstić information content (AvgIpc) is 2.70. The third-order valence-electron chi connectivity index (χ3n) is 4.16. The van der Waals surface area contributed by atoms with Crippen molar-refractivity contribution in [3.8, 4) is 0 Å². The molecule has 0 aromatic heterocycles.